The van der Waals surface area contributed by atoms with E-state index in [0.717, 1.165) is 36.0 Å². The Morgan fingerprint density at radius 1 is 1.39 bits per heavy atom. The van der Waals surface area contributed by atoms with Gasteiger partial charge in [0.25, 0.3) is 5.91 Å². The van der Waals surface area contributed by atoms with Gasteiger partial charge >= 0.3 is 0 Å². The van der Waals surface area contributed by atoms with Gasteiger partial charge in [-0.3, -0.25) is 4.79 Å². The number of benzene rings is 1. The molecule has 1 atom stereocenters. The van der Waals surface area contributed by atoms with E-state index in [0.29, 0.717) is 24.8 Å². The third-order valence-electron chi connectivity index (χ3n) is 4.38. The molecule has 3 rings (SSSR count). The van der Waals surface area contributed by atoms with Crippen LogP contribution in [0.4, 0.5) is 0 Å². The summed E-state index contributed by atoms with van der Waals surface area (Å²) in [4.78, 5) is 14.6. The molecule has 2 aromatic rings. The minimum Gasteiger partial charge on any atom is -0.451 e. The Morgan fingerprint density at radius 3 is 2.96 bits per heavy atom. The Morgan fingerprint density at radius 2 is 2.22 bits per heavy atom. The number of para-hydroxylation sites is 1. The molecule has 1 amide bonds. The quantitative estimate of drug-likeness (QED) is 0.858. The van der Waals surface area contributed by atoms with Crippen molar-refractivity contribution in [2.45, 2.75) is 19.4 Å². The molecule has 0 aliphatic carbocycles. The van der Waals surface area contributed by atoms with E-state index in [4.69, 9.17) is 4.42 Å². The molecule has 23 heavy (non-hydrogen) atoms. The number of hydrogen-bond donors (Lipinski definition) is 2. The van der Waals surface area contributed by atoms with E-state index in [9.17, 15) is 4.79 Å². The van der Waals surface area contributed by atoms with Crippen LogP contribution in [0.15, 0.2) is 28.7 Å². The Balaban J connectivity index is 1.73. The lowest BCUT2D eigenvalue weighted by Crippen LogP contribution is -2.27. The van der Waals surface area contributed by atoms with Crippen LogP contribution in [-0.4, -0.2) is 44.5 Å². The van der Waals surface area contributed by atoms with E-state index in [-0.39, 0.29) is 5.91 Å². The number of nitrogens with zero attached hydrogens (tertiary/aromatic N) is 1. The summed E-state index contributed by atoms with van der Waals surface area (Å²) >= 11 is 0. The van der Waals surface area contributed by atoms with Gasteiger partial charge in [0.05, 0.1) is 0 Å². The van der Waals surface area contributed by atoms with Crippen molar-refractivity contribution < 1.29 is 9.21 Å². The molecule has 5 heteroatoms. The van der Waals surface area contributed by atoms with E-state index in [2.05, 4.69) is 15.5 Å². The molecule has 2 N–H and O–H groups in total. The molecule has 1 saturated heterocycles. The summed E-state index contributed by atoms with van der Waals surface area (Å²) in [5.74, 6) is 1.01. The van der Waals surface area contributed by atoms with E-state index in [1.54, 1.807) is 0 Å². The van der Waals surface area contributed by atoms with Gasteiger partial charge in [0.1, 0.15) is 5.58 Å². The molecule has 2 heterocycles. The van der Waals surface area contributed by atoms with Crippen LogP contribution in [0.1, 0.15) is 29.0 Å². The molecule has 124 valence electrons. The molecule has 0 radical (unpaired) electrons. The second kappa shape index (κ2) is 7.15. The summed E-state index contributed by atoms with van der Waals surface area (Å²) in [6, 6.07) is 7.83. The molecule has 1 aliphatic rings. The fourth-order valence-electron chi connectivity index (χ4n) is 3.19. The Labute approximate surface area is 137 Å². The van der Waals surface area contributed by atoms with Gasteiger partial charge in [0, 0.05) is 24.0 Å². The van der Waals surface area contributed by atoms with Crippen LogP contribution >= 0.6 is 0 Å². The van der Waals surface area contributed by atoms with Gasteiger partial charge in [0.15, 0.2) is 5.76 Å². The van der Waals surface area contributed by atoms with Crippen molar-refractivity contribution in [1.82, 2.24) is 15.5 Å². The second-order valence-electron chi connectivity index (χ2n) is 6.55. The summed E-state index contributed by atoms with van der Waals surface area (Å²) in [6.07, 6.45) is 2.22. The fourth-order valence-corrected chi connectivity index (χ4v) is 3.19. The zero-order valence-electron chi connectivity index (χ0n) is 13.9. The summed E-state index contributed by atoms with van der Waals surface area (Å²) in [7, 11) is 3.99. The van der Waals surface area contributed by atoms with Crippen molar-refractivity contribution in [3.05, 3.63) is 35.6 Å². The lowest BCUT2D eigenvalue weighted by atomic mass is 10.1. The largest absolute Gasteiger partial charge is 0.451 e. The molecule has 1 aromatic carbocycles. The molecule has 1 fully saturated rings. The molecule has 0 saturated carbocycles. The number of rotatable bonds is 6. The van der Waals surface area contributed by atoms with Crippen LogP contribution < -0.4 is 10.6 Å². The predicted octanol–water partition coefficient (Wildman–Crippen LogP) is 2.22. The van der Waals surface area contributed by atoms with Crippen molar-refractivity contribution in [1.29, 1.82) is 0 Å². The molecule has 5 nitrogen and oxygen atoms in total. The van der Waals surface area contributed by atoms with Gasteiger partial charge in [-0.15, -0.1) is 0 Å². The smallest absolute Gasteiger partial charge is 0.287 e. The highest BCUT2D eigenvalue weighted by Crippen LogP contribution is 2.26. The normalized spacial score (nSPS) is 18.0. The number of carbonyl (C=O) groups is 1. The van der Waals surface area contributed by atoms with Gasteiger partial charge in [-0.05, 0) is 52.0 Å². The summed E-state index contributed by atoms with van der Waals surface area (Å²) in [5, 5.41) is 7.40. The van der Waals surface area contributed by atoms with E-state index in [1.807, 2.05) is 38.4 Å². The first-order valence-electron chi connectivity index (χ1n) is 8.29. The van der Waals surface area contributed by atoms with Gasteiger partial charge < -0.3 is 20.0 Å². The third kappa shape index (κ3) is 3.74. The molecule has 1 unspecified atom stereocenters. The number of carbonyl (C=O) groups excluding carboxylic acids is 1. The van der Waals surface area contributed by atoms with Crippen LogP contribution in [0.25, 0.3) is 11.0 Å². The van der Waals surface area contributed by atoms with Crippen molar-refractivity contribution in [3.8, 4) is 0 Å². The highest BCUT2D eigenvalue weighted by molar-refractivity contribution is 5.99. The second-order valence-corrected chi connectivity index (χ2v) is 6.55. The standard InChI is InChI=1S/C18H25N3O2/c1-21(2)12-15-14-5-3-4-6-16(14)23-17(15)18(22)20-10-8-13-7-9-19-11-13/h3-6,13,19H,7-12H2,1-2H3,(H,20,22). The lowest BCUT2D eigenvalue weighted by molar-refractivity contribution is 0.0924. The van der Waals surface area contributed by atoms with E-state index >= 15 is 0 Å². The van der Waals surface area contributed by atoms with Gasteiger partial charge in [-0.2, -0.15) is 0 Å². The Hall–Kier alpha value is -1.85. The maximum Gasteiger partial charge on any atom is 0.287 e. The third-order valence-corrected chi connectivity index (χ3v) is 4.38. The maximum atomic E-state index is 12.6. The number of fused-ring (bicyclic) bond motifs is 1. The predicted molar refractivity (Wildman–Crippen MR) is 91.5 cm³/mol. The summed E-state index contributed by atoms with van der Waals surface area (Å²) in [5.41, 5.74) is 1.74. The molecular weight excluding hydrogens is 290 g/mol. The minimum atomic E-state index is -0.107. The van der Waals surface area contributed by atoms with Crippen molar-refractivity contribution in [3.63, 3.8) is 0 Å². The molecule has 1 aromatic heterocycles. The highest BCUT2D eigenvalue weighted by atomic mass is 16.3. The van der Waals surface area contributed by atoms with Crippen LogP contribution in [-0.2, 0) is 6.54 Å². The SMILES string of the molecule is CN(C)Cc1c(C(=O)NCCC2CCNC2)oc2ccccc12. The molecule has 0 bridgehead atoms. The fraction of sp³-hybridized carbons (Fsp3) is 0.500. The molecule has 1 aliphatic heterocycles. The van der Waals surface area contributed by atoms with Crippen LogP contribution in [0.3, 0.4) is 0 Å². The Bertz CT molecular complexity index is 672. The minimum absolute atomic E-state index is 0.107. The zero-order valence-corrected chi connectivity index (χ0v) is 13.9. The van der Waals surface area contributed by atoms with Crippen molar-refractivity contribution in [2.75, 3.05) is 33.7 Å². The molecular formula is C18H25N3O2. The van der Waals surface area contributed by atoms with E-state index in [1.165, 1.54) is 6.42 Å². The van der Waals surface area contributed by atoms with Crippen LogP contribution in [0.5, 0.6) is 0 Å². The number of furan rings is 1. The van der Waals surface area contributed by atoms with Crippen molar-refractivity contribution >= 4 is 16.9 Å². The first-order chi connectivity index (χ1) is 11.1. The first kappa shape index (κ1) is 16.0. The average Bonchev–Trinajstić information content (AvgIpc) is 3.15. The van der Waals surface area contributed by atoms with Crippen LogP contribution in [0, 0.1) is 5.92 Å². The van der Waals surface area contributed by atoms with Gasteiger partial charge in [-0.25, -0.2) is 0 Å². The summed E-state index contributed by atoms with van der Waals surface area (Å²) in [6.45, 7) is 3.54. The zero-order chi connectivity index (χ0) is 16.2. The van der Waals surface area contributed by atoms with Crippen molar-refractivity contribution in [2.24, 2.45) is 5.92 Å². The number of hydrogen-bond acceptors (Lipinski definition) is 4. The summed E-state index contributed by atoms with van der Waals surface area (Å²) < 4.78 is 5.83. The number of amides is 1. The highest BCUT2D eigenvalue weighted by Gasteiger charge is 2.21. The lowest BCUT2D eigenvalue weighted by Gasteiger charge is -2.11. The van der Waals surface area contributed by atoms with Crippen LogP contribution in [0.2, 0.25) is 0 Å². The first-order valence-corrected chi connectivity index (χ1v) is 8.29. The molecule has 0 spiro atoms. The van der Waals surface area contributed by atoms with Gasteiger partial charge in [-0.1, -0.05) is 18.2 Å². The van der Waals surface area contributed by atoms with Gasteiger partial charge in [0.2, 0.25) is 0 Å². The average molecular weight is 315 g/mol. The monoisotopic (exact) mass is 315 g/mol. The number of nitrogens with one attached hydrogen (secondary N) is 2. The maximum absolute atomic E-state index is 12.6. The van der Waals surface area contributed by atoms with E-state index < -0.39 is 0 Å². The topological polar surface area (TPSA) is 57.5 Å². The Kier molecular flexibility index (Phi) is 4.98.